The molecule has 5 nitrogen and oxygen atoms in total. The van der Waals surface area contributed by atoms with Crippen molar-refractivity contribution in [3.8, 4) is 0 Å². The summed E-state index contributed by atoms with van der Waals surface area (Å²) in [5.41, 5.74) is -0.464. The second-order valence-electron chi connectivity index (χ2n) is 7.70. The first-order valence-corrected chi connectivity index (χ1v) is 8.69. The molecule has 1 amide bonds. The SMILES string of the molecule is CCCC(C)NC1C(NC(=O)OC(C)(C)C)C2CCCOC21. The van der Waals surface area contributed by atoms with Gasteiger partial charge in [0.2, 0.25) is 0 Å². The molecule has 0 bridgehead atoms. The van der Waals surface area contributed by atoms with Crippen LogP contribution in [0.15, 0.2) is 0 Å². The molecule has 2 N–H and O–H groups in total. The minimum Gasteiger partial charge on any atom is -0.444 e. The molecule has 2 rings (SSSR count). The maximum absolute atomic E-state index is 12.1. The van der Waals surface area contributed by atoms with Gasteiger partial charge in [-0.05, 0) is 47.0 Å². The predicted octanol–water partition coefficient (Wildman–Crippen LogP) is 2.84. The lowest BCUT2D eigenvalue weighted by atomic mass is 9.68. The molecule has 2 aliphatic rings. The van der Waals surface area contributed by atoms with Crippen molar-refractivity contribution < 1.29 is 14.3 Å². The summed E-state index contributed by atoms with van der Waals surface area (Å²) in [7, 11) is 0. The number of hydrogen-bond donors (Lipinski definition) is 2. The van der Waals surface area contributed by atoms with E-state index in [1.165, 1.54) is 0 Å². The van der Waals surface area contributed by atoms with Gasteiger partial charge in [0.25, 0.3) is 0 Å². The Labute approximate surface area is 134 Å². The van der Waals surface area contributed by atoms with Crippen LogP contribution in [0, 0.1) is 5.92 Å². The van der Waals surface area contributed by atoms with Crippen molar-refractivity contribution in [2.45, 2.75) is 90.1 Å². The molecule has 0 aromatic heterocycles. The third-order valence-electron chi connectivity index (χ3n) is 4.50. The average molecular weight is 312 g/mol. The van der Waals surface area contributed by atoms with E-state index in [0.717, 1.165) is 32.3 Å². The zero-order valence-corrected chi connectivity index (χ0v) is 14.6. The smallest absolute Gasteiger partial charge is 0.407 e. The molecule has 22 heavy (non-hydrogen) atoms. The summed E-state index contributed by atoms with van der Waals surface area (Å²) in [6.07, 6.45) is 4.38. The first-order valence-electron chi connectivity index (χ1n) is 8.69. The van der Waals surface area contributed by atoms with E-state index in [-0.39, 0.29) is 24.3 Å². The van der Waals surface area contributed by atoms with Crippen LogP contribution in [0.1, 0.15) is 60.3 Å². The normalized spacial score (nSPS) is 32.6. The maximum Gasteiger partial charge on any atom is 0.407 e. The second-order valence-corrected chi connectivity index (χ2v) is 7.70. The van der Waals surface area contributed by atoms with Gasteiger partial charge in [0.05, 0.1) is 18.2 Å². The number of ether oxygens (including phenoxy) is 2. The lowest BCUT2D eigenvalue weighted by molar-refractivity contribution is -0.130. The topological polar surface area (TPSA) is 59.6 Å². The number of hydrogen-bond acceptors (Lipinski definition) is 4. The fourth-order valence-corrected chi connectivity index (χ4v) is 3.59. The van der Waals surface area contributed by atoms with Gasteiger partial charge in [0, 0.05) is 18.6 Å². The van der Waals surface area contributed by atoms with Gasteiger partial charge in [-0.25, -0.2) is 4.79 Å². The van der Waals surface area contributed by atoms with Crippen LogP contribution in [0.5, 0.6) is 0 Å². The molecule has 1 aliphatic carbocycles. The van der Waals surface area contributed by atoms with Crippen LogP contribution >= 0.6 is 0 Å². The predicted molar refractivity (Wildman–Crippen MR) is 86.9 cm³/mol. The van der Waals surface area contributed by atoms with Crippen LogP contribution in [0.2, 0.25) is 0 Å². The lowest BCUT2D eigenvalue weighted by Gasteiger charge is -2.54. The molecule has 0 aromatic carbocycles. The summed E-state index contributed by atoms with van der Waals surface area (Å²) < 4.78 is 11.3. The van der Waals surface area contributed by atoms with Crippen molar-refractivity contribution in [1.29, 1.82) is 0 Å². The molecular weight excluding hydrogens is 280 g/mol. The molecule has 5 heteroatoms. The molecule has 1 saturated carbocycles. The Kier molecular flexibility index (Phi) is 5.72. The first-order chi connectivity index (χ1) is 10.3. The minimum atomic E-state index is -0.464. The van der Waals surface area contributed by atoms with E-state index in [0.29, 0.717) is 12.0 Å². The fourth-order valence-electron chi connectivity index (χ4n) is 3.59. The molecule has 1 aliphatic heterocycles. The maximum atomic E-state index is 12.1. The van der Waals surface area contributed by atoms with E-state index in [1.807, 2.05) is 20.8 Å². The summed E-state index contributed by atoms with van der Waals surface area (Å²) in [6, 6.07) is 0.739. The monoisotopic (exact) mass is 312 g/mol. The molecule has 128 valence electrons. The van der Waals surface area contributed by atoms with E-state index in [4.69, 9.17) is 9.47 Å². The van der Waals surface area contributed by atoms with Gasteiger partial charge in [0.15, 0.2) is 0 Å². The van der Waals surface area contributed by atoms with Crippen molar-refractivity contribution >= 4 is 6.09 Å². The van der Waals surface area contributed by atoms with Gasteiger partial charge in [-0.1, -0.05) is 13.3 Å². The van der Waals surface area contributed by atoms with Crippen LogP contribution in [-0.4, -0.2) is 42.5 Å². The molecule has 0 aromatic rings. The number of carbonyl (C=O) groups is 1. The Hall–Kier alpha value is -0.810. The lowest BCUT2D eigenvalue weighted by Crippen LogP contribution is -2.74. The number of alkyl carbamates (subject to hydrolysis) is 1. The van der Waals surface area contributed by atoms with E-state index < -0.39 is 5.60 Å². The standard InChI is InChI=1S/C17H32N2O3/c1-6-8-11(2)18-14-13(12-9-7-10-21-15(12)14)19-16(20)22-17(3,4)5/h11-15,18H,6-10H2,1-5H3,(H,19,20). The summed E-state index contributed by atoms with van der Waals surface area (Å²) in [5.74, 6) is 0.410. The summed E-state index contributed by atoms with van der Waals surface area (Å²) >= 11 is 0. The molecule has 2 fully saturated rings. The average Bonchev–Trinajstić information content (AvgIpc) is 2.41. The Balaban J connectivity index is 1.94. The molecule has 5 atom stereocenters. The van der Waals surface area contributed by atoms with Gasteiger partial charge in [-0.2, -0.15) is 0 Å². The number of nitrogens with one attached hydrogen (secondary N) is 2. The highest BCUT2D eigenvalue weighted by molar-refractivity contribution is 5.68. The number of amides is 1. The quantitative estimate of drug-likeness (QED) is 0.819. The minimum absolute atomic E-state index is 0.111. The van der Waals surface area contributed by atoms with Gasteiger partial charge in [-0.15, -0.1) is 0 Å². The fraction of sp³-hybridized carbons (Fsp3) is 0.941. The first kappa shape index (κ1) is 17.5. The van der Waals surface area contributed by atoms with Crippen LogP contribution in [0.4, 0.5) is 4.79 Å². The molecular formula is C17H32N2O3. The van der Waals surface area contributed by atoms with Crippen LogP contribution in [0.25, 0.3) is 0 Å². The largest absolute Gasteiger partial charge is 0.444 e. The van der Waals surface area contributed by atoms with Crippen LogP contribution in [-0.2, 0) is 9.47 Å². The highest BCUT2D eigenvalue weighted by atomic mass is 16.6. The van der Waals surface area contributed by atoms with Gasteiger partial charge < -0.3 is 20.1 Å². The molecule has 0 radical (unpaired) electrons. The van der Waals surface area contributed by atoms with Crippen molar-refractivity contribution in [1.82, 2.24) is 10.6 Å². The zero-order chi connectivity index (χ0) is 16.3. The van der Waals surface area contributed by atoms with E-state index in [9.17, 15) is 4.79 Å². The van der Waals surface area contributed by atoms with E-state index in [1.54, 1.807) is 0 Å². The van der Waals surface area contributed by atoms with Crippen molar-refractivity contribution in [2.75, 3.05) is 6.61 Å². The third kappa shape index (κ3) is 4.35. The summed E-state index contributed by atoms with van der Waals surface area (Å²) in [6.45, 7) is 10.9. The highest BCUT2D eigenvalue weighted by Crippen LogP contribution is 2.38. The van der Waals surface area contributed by atoms with E-state index in [2.05, 4.69) is 24.5 Å². The molecule has 5 unspecified atom stereocenters. The van der Waals surface area contributed by atoms with Gasteiger partial charge in [-0.3, -0.25) is 0 Å². The van der Waals surface area contributed by atoms with Gasteiger partial charge >= 0.3 is 6.09 Å². The Morgan fingerprint density at radius 1 is 1.36 bits per heavy atom. The summed E-state index contributed by atoms with van der Waals surface area (Å²) in [5, 5.41) is 6.71. The van der Waals surface area contributed by atoms with Crippen molar-refractivity contribution in [2.24, 2.45) is 5.92 Å². The van der Waals surface area contributed by atoms with Gasteiger partial charge in [0.1, 0.15) is 5.60 Å². The Bertz CT molecular complexity index is 381. The molecule has 1 heterocycles. The summed E-state index contributed by atoms with van der Waals surface area (Å²) in [4.78, 5) is 12.1. The zero-order valence-electron chi connectivity index (χ0n) is 14.6. The molecule has 0 spiro atoms. The Morgan fingerprint density at radius 3 is 2.73 bits per heavy atom. The third-order valence-corrected chi connectivity index (χ3v) is 4.50. The highest BCUT2D eigenvalue weighted by Gasteiger charge is 2.53. The second kappa shape index (κ2) is 7.18. The van der Waals surface area contributed by atoms with Crippen molar-refractivity contribution in [3.63, 3.8) is 0 Å². The van der Waals surface area contributed by atoms with Crippen LogP contribution in [0.3, 0.4) is 0 Å². The van der Waals surface area contributed by atoms with E-state index >= 15 is 0 Å². The Morgan fingerprint density at radius 2 is 2.09 bits per heavy atom. The van der Waals surface area contributed by atoms with Crippen LogP contribution < -0.4 is 10.6 Å². The molecule has 1 saturated heterocycles. The number of rotatable bonds is 5. The van der Waals surface area contributed by atoms with Crippen molar-refractivity contribution in [3.05, 3.63) is 0 Å². The number of fused-ring (bicyclic) bond motifs is 1. The number of carbonyl (C=O) groups excluding carboxylic acids is 1.